The van der Waals surface area contributed by atoms with Gasteiger partial charge in [-0.2, -0.15) is 0 Å². The molecule has 1 saturated carbocycles. The maximum Gasteiger partial charge on any atom is 0.144 e. The van der Waals surface area contributed by atoms with Crippen molar-refractivity contribution < 1.29 is 4.74 Å². The minimum absolute atomic E-state index is 0.0120. The van der Waals surface area contributed by atoms with E-state index in [9.17, 15) is 0 Å². The lowest BCUT2D eigenvalue weighted by Crippen LogP contribution is -2.36. The van der Waals surface area contributed by atoms with Gasteiger partial charge in [-0.15, -0.1) is 6.58 Å². The van der Waals surface area contributed by atoms with Gasteiger partial charge in [0.1, 0.15) is 5.60 Å². The first kappa shape index (κ1) is 21.6. The predicted octanol–water partition coefficient (Wildman–Crippen LogP) is 7.91. The molecule has 0 heterocycles. The molecule has 0 bridgehead atoms. The second-order valence-corrected chi connectivity index (χ2v) is 8.75. The van der Waals surface area contributed by atoms with Crippen molar-refractivity contribution in [2.75, 3.05) is 0 Å². The molecule has 3 aromatic carbocycles. The molecule has 1 heteroatoms. The van der Waals surface area contributed by atoms with Crippen molar-refractivity contribution in [3.8, 4) is 0 Å². The van der Waals surface area contributed by atoms with Crippen LogP contribution < -0.4 is 0 Å². The molecule has 0 spiro atoms. The first-order chi connectivity index (χ1) is 15.3. The van der Waals surface area contributed by atoms with Crippen LogP contribution in [0.2, 0.25) is 0 Å². The molecule has 160 valence electrons. The Morgan fingerprint density at radius 3 is 1.65 bits per heavy atom. The molecule has 1 aliphatic carbocycles. The Hall–Kier alpha value is -2.64. The third kappa shape index (κ3) is 4.99. The smallest absolute Gasteiger partial charge is 0.144 e. The Morgan fingerprint density at radius 1 is 0.774 bits per heavy atom. The molecule has 0 N–H and O–H groups in total. The molecular weight excluding hydrogens is 376 g/mol. The third-order valence-electron chi connectivity index (χ3n) is 6.71. The average Bonchev–Trinajstić information content (AvgIpc) is 3.37. The van der Waals surface area contributed by atoms with Crippen LogP contribution in [0.3, 0.4) is 0 Å². The van der Waals surface area contributed by atoms with E-state index in [1.54, 1.807) is 0 Å². The van der Waals surface area contributed by atoms with Crippen molar-refractivity contribution in [2.45, 2.75) is 56.7 Å². The minimum atomic E-state index is -0.671. The van der Waals surface area contributed by atoms with Gasteiger partial charge in [0.15, 0.2) is 0 Å². The lowest BCUT2D eigenvalue weighted by atomic mass is 9.79. The van der Waals surface area contributed by atoms with Gasteiger partial charge in [-0.25, -0.2) is 0 Å². The molecule has 1 unspecified atom stereocenters. The summed E-state index contributed by atoms with van der Waals surface area (Å²) in [4.78, 5) is 0. The van der Waals surface area contributed by atoms with E-state index in [1.807, 2.05) is 6.08 Å². The number of benzene rings is 3. The van der Waals surface area contributed by atoms with Crippen LogP contribution in [0.15, 0.2) is 104 Å². The van der Waals surface area contributed by atoms with E-state index >= 15 is 0 Å². The van der Waals surface area contributed by atoms with E-state index < -0.39 is 5.60 Å². The molecular formula is C30H34O. The van der Waals surface area contributed by atoms with Crippen LogP contribution in [-0.2, 0) is 10.3 Å². The minimum Gasteiger partial charge on any atom is -0.354 e. The van der Waals surface area contributed by atoms with Gasteiger partial charge in [0.05, 0.1) is 6.10 Å². The quantitative estimate of drug-likeness (QED) is 0.244. The van der Waals surface area contributed by atoms with Crippen molar-refractivity contribution in [3.63, 3.8) is 0 Å². The van der Waals surface area contributed by atoms with Crippen molar-refractivity contribution >= 4 is 0 Å². The van der Waals surface area contributed by atoms with Crippen LogP contribution in [0.25, 0.3) is 0 Å². The third-order valence-corrected chi connectivity index (χ3v) is 6.71. The number of hydrogen-bond acceptors (Lipinski definition) is 1. The van der Waals surface area contributed by atoms with Gasteiger partial charge in [-0.05, 0) is 29.0 Å². The molecule has 1 fully saturated rings. The maximum absolute atomic E-state index is 7.09. The van der Waals surface area contributed by atoms with Gasteiger partial charge in [-0.3, -0.25) is 0 Å². The highest BCUT2D eigenvalue weighted by molar-refractivity contribution is 5.47. The monoisotopic (exact) mass is 410 g/mol. The molecule has 0 radical (unpaired) electrons. The van der Waals surface area contributed by atoms with Gasteiger partial charge >= 0.3 is 0 Å². The topological polar surface area (TPSA) is 9.23 Å². The Balaban J connectivity index is 1.69. The first-order valence-electron chi connectivity index (χ1n) is 11.8. The standard InChI is InChI=1S/C30H34O/c1-2-29(24-14-17-25-15-12-13-16-25)31-30(26-18-6-3-7-19-26,27-20-8-4-9-21-27)28-22-10-5-11-23-28/h2-11,18-23,25,29H,1,12-17,24H2. The normalized spacial score (nSPS) is 15.6. The van der Waals surface area contributed by atoms with Crippen LogP contribution in [-0.4, -0.2) is 6.10 Å². The van der Waals surface area contributed by atoms with Crippen molar-refractivity contribution in [2.24, 2.45) is 5.92 Å². The van der Waals surface area contributed by atoms with E-state index in [-0.39, 0.29) is 6.10 Å². The molecule has 0 saturated heterocycles. The Kier molecular flexibility index (Phi) is 7.38. The fraction of sp³-hybridized carbons (Fsp3) is 0.333. The van der Waals surface area contributed by atoms with Crippen molar-refractivity contribution in [1.82, 2.24) is 0 Å². The molecule has 1 atom stereocenters. The highest BCUT2D eigenvalue weighted by Gasteiger charge is 2.39. The molecule has 31 heavy (non-hydrogen) atoms. The molecule has 4 rings (SSSR count). The van der Waals surface area contributed by atoms with Crippen molar-refractivity contribution in [3.05, 3.63) is 120 Å². The zero-order chi connectivity index (χ0) is 21.4. The zero-order valence-electron chi connectivity index (χ0n) is 18.5. The zero-order valence-corrected chi connectivity index (χ0v) is 18.5. The Bertz CT molecular complexity index is 814. The highest BCUT2D eigenvalue weighted by Crippen LogP contribution is 2.42. The van der Waals surface area contributed by atoms with Crippen LogP contribution >= 0.6 is 0 Å². The summed E-state index contributed by atoms with van der Waals surface area (Å²) < 4.78 is 7.09. The molecule has 1 aliphatic rings. The van der Waals surface area contributed by atoms with Gasteiger partial charge in [-0.1, -0.05) is 136 Å². The van der Waals surface area contributed by atoms with Gasteiger partial charge in [0.25, 0.3) is 0 Å². The molecule has 3 aromatic rings. The van der Waals surface area contributed by atoms with E-state index in [2.05, 4.69) is 97.6 Å². The summed E-state index contributed by atoms with van der Waals surface area (Å²) in [5.41, 5.74) is 2.77. The summed E-state index contributed by atoms with van der Waals surface area (Å²) in [7, 11) is 0. The van der Waals surface area contributed by atoms with E-state index in [0.29, 0.717) is 0 Å². The van der Waals surface area contributed by atoms with E-state index in [1.165, 1.54) is 38.5 Å². The average molecular weight is 411 g/mol. The SMILES string of the molecule is C=CC(CCCC1CCCC1)OC(c1ccccc1)(c1ccccc1)c1ccccc1. The van der Waals surface area contributed by atoms with Crippen LogP contribution in [0.5, 0.6) is 0 Å². The summed E-state index contributed by atoms with van der Waals surface area (Å²) in [6, 6.07) is 31.9. The number of rotatable bonds is 10. The van der Waals surface area contributed by atoms with Crippen LogP contribution in [0, 0.1) is 5.92 Å². The largest absolute Gasteiger partial charge is 0.354 e. The van der Waals surface area contributed by atoms with E-state index in [4.69, 9.17) is 4.74 Å². The Morgan fingerprint density at radius 2 is 1.23 bits per heavy atom. The predicted molar refractivity (Wildman–Crippen MR) is 130 cm³/mol. The van der Waals surface area contributed by atoms with Gasteiger partial charge < -0.3 is 4.74 Å². The highest BCUT2D eigenvalue weighted by atomic mass is 16.5. The lowest BCUT2D eigenvalue weighted by Gasteiger charge is -2.38. The molecule has 0 aliphatic heterocycles. The summed E-state index contributed by atoms with van der Waals surface area (Å²) in [6.07, 6.45) is 11.1. The fourth-order valence-corrected chi connectivity index (χ4v) is 5.08. The molecule has 1 nitrogen and oxygen atoms in total. The van der Waals surface area contributed by atoms with Gasteiger partial charge in [0, 0.05) is 0 Å². The molecule has 0 amide bonds. The van der Waals surface area contributed by atoms with Crippen LogP contribution in [0.4, 0.5) is 0 Å². The summed E-state index contributed by atoms with van der Waals surface area (Å²) in [5, 5.41) is 0. The number of hydrogen-bond donors (Lipinski definition) is 0. The van der Waals surface area contributed by atoms with Crippen LogP contribution in [0.1, 0.15) is 61.6 Å². The molecule has 0 aromatic heterocycles. The van der Waals surface area contributed by atoms with Gasteiger partial charge in [0.2, 0.25) is 0 Å². The second-order valence-electron chi connectivity index (χ2n) is 8.75. The second kappa shape index (κ2) is 10.6. The first-order valence-corrected chi connectivity index (χ1v) is 11.8. The van der Waals surface area contributed by atoms with Crippen molar-refractivity contribution in [1.29, 1.82) is 0 Å². The summed E-state index contributed by atoms with van der Waals surface area (Å²) in [6.45, 7) is 4.15. The maximum atomic E-state index is 7.09. The number of ether oxygens (including phenoxy) is 1. The fourth-order valence-electron chi connectivity index (χ4n) is 5.08. The lowest BCUT2D eigenvalue weighted by molar-refractivity contribution is -0.0288. The Labute approximate surface area is 187 Å². The van der Waals surface area contributed by atoms with E-state index in [0.717, 1.165) is 29.0 Å². The summed E-state index contributed by atoms with van der Waals surface area (Å²) >= 11 is 0. The summed E-state index contributed by atoms with van der Waals surface area (Å²) in [5.74, 6) is 0.910.